The van der Waals surface area contributed by atoms with E-state index >= 15 is 0 Å². The molecule has 0 saturated heterocycles. The third-order valence-electron chi connectivity index (χ3n) is 7.80. The number of carbonyl (C=O) groups is 2. The van der Waals surface area contributed by atoms with E-state index in [1.807, 2.05) is 40.2 Å². The van der Waals surface area contributed by atoms with Crippen molar-refractivity contribution in [1.82, 2.24) is 19.0 Å². The smallest absolute Gasteiger partial charge is 0.435 e. The summed E-state index contributed by atoms with van der Waals surface area (Å²) in [5.74, 6) is -2.75. The van der Waals surface area contributed by atoms with Crippen molar-refractivity contribution in [2.24, 2.45) is 0 Å². The van der Waals surface area contributed by atoms with Crippen LogP contribution in [0.15, 0.2) is 41.3 Å². The summed E-state index contributed by atoms with van der Waals surface area (Å²) in [5, 5.41) is 10.4. The maximum atomic E-state index is 14.0. The Balaban J connectivity index is 1.71. The van der Waals surface area contributed by atoms with Crippen LogP contribution in [0.25, 0.3) is 0 Å². The van der Waals surface area contributed by atoms with Crippen molar-refractivity contribution in [2.75, 3.05) is 90.4 Å². The minimum Gasteiger partial charge on any atom is -0.445 e. The maximum absolute atomic E-state index is 14.0. The van der Waals surface area contributed by atoms with Crippen molar-refractivity contribution in [1.29, 1.82) is 0 Å². The quantitative estimate of drug-likeness (QED) is 0.225. The highest BCUT2D eigenvalue weighted by molar-refractivity contribution is 7.89. The fraction of sp³-hybridized carbons (Fsp3) is 0.469. The van der Waals surface area contributed by atoms with Gasteiger partial charge in [0.1, 0.15) is 18.2 Å². The number of rotatable bonds is 15. The van der Waals surface area contributed by atoms with E-state index in [1.165, 1.54) is 7.11 Å². The van der Waals surface area contributed by atoms with Crippen molar-refractivity contribution in [3.8, 4) is 0 Å². The van der Waals surface area contributed by atoms with Crippen molar-refractivity contribution in [2.45, 2.75) is 30.8 Å². The van der Waals surface area contributed by atoms with Crippen molar-refractivity contribution < 1.29 is 41.0 Å². The Labute approximate surface area is 284 Å². The zero-order valence-corrected chi connectivity index (χ0v) is 29.3. The molecule has 0 unspecified atom stereocenters. The van der Waals surface area contributed by atoms with Gasteiger partial charge in [0.15, 0.2) is 5.82 Å². The number of ether oxygens (including phenoxy) is 3. The number of hydrogen-bond donors (Lipinski definition) is 2. The van der Waals surface area contributed by atoms with Crippen LogP contribution in [0, 0.1) is 11.6 Å². The lowest BCUT2D eigenvalue weighted by Gasteiger charge is -2.27. The molecule has 14 nitrogen and oxygen atoms in total. The molecule has 1 atom stereocenters. The predicted octanol–water partition coefficient (Wildman–Crippen LogP) is 3.24. The molecule has 2 heterocycles. The van der Waals surface area contributed by atoms with Crippen LogP contribution in [0.5, 0.6) is 0 Å². The molecule has 0 aliphatic carbocycles. The monoisotopic (exact) mass is 707 g/mol. The molecule has 1 aliphatic heterocycles. The summed E-state index contributed by atoms with van der Waals surface area (Å²) < 4.78 is 72.4. The van der Waals surface area contributed by atoms with Gasteiger partial charge in [0.2, 0.25) is 10.0 Å². The van der Waals surface area contributed by atoms with Gasteiger partial charge in [-0.25, -0.2) is 22.0 Å². The number of nitrogens with zero attached hydrogens (tertiary/aromatic N) is 5. The van der Waals surface area contributed by atoms with Crippen LogP contribution in [0.3, 0.4) is 0 Å². The zero-order valence-electron chi connectivity index (χ0n) is 28.5. The molecule has 0 fully saturated rings. The molecular weight excluding hydrogens is 664 g/mol. The second-order valence-electron chi connectivity index (χ2n) is 11.9. The number of sulfonamides is 1. The Morgan fingerprint density at radius 1 is 1.02 bits per heavy atom. The van der Waals surface area contributed by atoms with E-state index in [9.17, 15) is 26.8 Å². The molecule has 3 aromatic rings. The number of benzene rings is 2. The molecule has 49 heavy (non-hydrogen) atoms. The number of halogens is 2. The first kappa shape index (κ1) is 37.7. The first-order valence-corrected chi connectivity index (χ1v) is 17.0. The Bertz CT molecular complexity index is 1730. The second-order valence-corrected chi connectivity index (χ2v) is 13.8. The van der Waals surface area contributed by atoms with Gasteiger partial charge in [-0.15, -0.1) is 5.10 Å². The van der Waals surface area contributed by atoms with Crippen LogP contribution in [-0.2, 0) is 37.2 Å². The normalized spacial score (nSPS) is 14.0. The predicted molar refractivity (Wildman–Crippen MR) is 180 cm³/mol. The number of fused-ring (bicyclic) bond motifs is 1. The Morgan fingerprint density at radius 3 is 2.39 bits per heavy atom. The molecule has 268 valence electrons. The first-order chi connectivity index (χ1) is 23.2. The SMILES string of the molecule is COCCOC(=O)n1nc(NC(=O)c2ccc(N(C)CCN(C)C)cc2N[C@H](C)COC)c2c1CCN(S(=O)(=O)c1cc(F)cc(F)c1)C2. The first-order valence-electron chi connectivity index (χ1n) is 15.5. The number of anilines is 3. The van der Waals surface area contributed by atoms with Crippen LogP contribution >= 0.6 is 0 Å². The van der Waals surface area contributed by atoms with Gasteiger partial charge >= 0.3 is 6.09 Å². The fourth-order valence-electron chi connectivity index (χ4n) is 5.25. The van der Waals surface area contributed by atoms with Crippen LogP contribution in [0.4, 0.5) is 30.8 Å². The lowest BCUT2D eigenvalue weighted by Crippen LogP contribution is -2.37. The van der Waals surface area contributed by atoms with Crippen LogP contribution in [0.2, 0.25) is 0 Å². The Morgan fingerprint density at radius 2 is 1.73 bits per heavy atom. The lowest BCUT2D eigenvalue weighted by atomic mass is 10.1. The number of aromatic nitrogens is 2. The molecule has 0 bridgehead atoms. The van der Waals surface area contributed by atoms with Gasteiger partial charge in [0.05, 0.1) is 29.4 Å². The third kappa shape index (κ3) is 9.30. The van der Waals surface area contributed by atoms with E-state index in [2.05, 4.69) is 25.5 Å². The summed E-state index contributed by atoms with van der Waals surface area (Å²) in [4.78, 5) is 30.5. The molecule has 17 heteroatoms. The molecule has 0 saturated carbocycles. The van der Waals surface area contributed by atoms with E-state index in [-0.39, 0.29) is 55.7 Å². The summed E-state index contributed by atoms with van der Waals surface area (Å²) in [5.41, 5.74) is 2.18. The van der Waals surface area contributed by atoms with E-state index in [0.29, 0.717) is 24.1 Å². The highest BCUT2D eigenvalue weighted by Crippen LogP contribution is 2.32. The van der Waals surface area contributed by atoms with E-state index in [1.54, 1.807) is 13.2 Å². The minimum absolute atomic E-state index is 0.00999. The zero-order chi connectivity index (χ0) is 35.9. The highest BCUT2D eigenvalue weighted by atomic mass is 32.2. The molecule has 4 rings (SSSR count). The molecule has 2 aromatic carbocycles. The van der Waals surface area contributed by atoms with Gasteiger partial charge < -0.3 is 34.6 Å². The molecule has 2 N–H and O–H groups in total. The number of carbonyl (C=O) groups excluding carboxylic acids is 2. The van der Waals surface area contributed by atoms with Crippen molar-refractivity contribution >= 4 is 39.2 Å². The van der Waals surface area contributed by atoms with Gasteiger partial charge in [0, 0.05) is 82.9 Å². The average Bonchev–Trinajstić information content (AvgIpc) is 3.40. The molecule has 1 aromatic heterocycles. The van der Waals surface area contributed by atoms with E-state index in [4.69, 9.17) is 14.2 Å². The number of hydrogen-bond acceptors (Lipinski definition) is 11. The van der Waals surface area contributed by atoms with Gasteiger partial charge in [-0.3, -0.25) is 4.79 Å². The summed E-state index contributed by atoms with van der Waals surface area (Å²) in [6, 6.07) is 7.19. The van der Waals surface area contributed by atoms with Crippen molar-refractivity contribution in [3.63, 3.8) is 0 Å². The number of amides is 1. The minimum atomic E-state index is -4.38. The standard InChI is InChI=1S/C32H43F2N7O7S/c1-21(20-47-6)35-28-18-24(39(4)12-11-38(2)3)7-8-26(28)31(42)36-30-27-19-40(49(44,45)25-16-22(33)15-23(34)17-25)10-9-29(27)41(37-30)32(43)48-14-13-46-5/h7-8,15-18,21,35H,9-14,19-20H2,1-6H3,(H,36,37,42)/t21-/m1/s1. The lowest BCUT2D eigenvalue weighted by molar-refractivity contribution is 0.0967. The van der Waals surface area contributed by atoms with Gasteiger partial charge in [-0.2, -0.15) is 8.99 Å². The Hall–Kier alpha value is -4.16. The van der Waals surface area contributed by atoms with Crippen LogP contribution < -0.4 is 15.5 Å². The van der Waals surface area contributed by atoms with Crippen molar-refractivity contribution in [3.05, 3.63) is 64.9 Å². The molecular formula is C32H43F2N7O7S. The summed E-state index contributed by atoms with van der Waals surface area (Å²) in [6.07, 6.45) is -0.859. The molecule has 0 spiro atoms. The van der Waals surface area contributed by atoms with Crippen LogP contribution in [0.1, 0.15) is 28.5 Å². The molecule has 1 aliphatic rings. The summed E-state index contributed by atoms with van der Waals surface area (Å²) in [6.45, 7) is 3.40. The summed E-state index contributed by atoms with van der Waals surface area (Å²) in [7, 11) is 4.55. The average molecular weight is 708 g/mol. The topological polar surface area (TPSA) is 148 Å². The summed E-state index contributed by atoms with van der Waals surface area (Å²) >= 11 is 0. The van der Waals surface area contributed by atoms with Gasteiger partial charge in [-0.1, -0.05) is 0 Å². The highest BCUT2D eigenvalue weighted by Gasteiger charge is 2.35. The van der Waals surface area contributed by atoms with Crippen LogP contribution in [-0.4, -0.2) is 120 Å². The Kier molecular flexibility index (Phi) is 12.7. The fourth-order valence-corrected chi connectivity index (χ4v) is 6.70. The number of likely N-dealkylation sites (N-methyl/N-ethyl adjacent to an activating group) is 2. The largest absolute Gasteiger partial charge is 0.445 e. The molecule has 0 radical (unpaired) electrons. The maximum Gasteiger partial charge on any atom is 0.435 e. The second kappa shape index (κ2) is 16.5. The third-order valence-corrected chi connectivity index (χ3v) is 9.63. The van der Waals surface area contributed by atoms with E-state index in [0.717, 1.165) is 39.9 Å². The number of methoxy groups -OCH3 is 2. The van der Waals surface area contributed by atoms with E-state index < -0.39 is 38.6 Å². The number of nitrogens with one attached hydrogen (secondary N) is 2. The van der Waals surface area contributed by atoms with Gasteiger partial charge in [-0.05, 0) is 51.4 Å². The van der Waals surface area contributed by atoms with Gasteiger partial charge in [0.25, 0.3) is 5.91 Å². The molecule has 1 amide bonds.